The number of β-amino-alcohol motifs (C(OH)–C–C–N with tert-alkyl or cyclic N) is 1. The van der Waals surface area contributed by atoms with Crippen LogP contribution < -0.4 is 20.3 Å². The molecule has 2 aliphatic heterocycles. The molecule has 6 rings (SSSR count). The van der Waals surface area contributed by atoms with E-state index in [1.54, 1.807) is 18.2 Å². The Morgan fingerprint density at radius 2 is 1.68 bits per heavy atom. The van der Waals surface area contributed by atoms with Crippen molar-refractivity contribution in [2.45, 2.75) is 84.0 Å². The van der Waals surface area contributed by atoms with Crippen molar-refractivity contribution >= 4 is 57.5 Å². The van der Waals surface area contributed by atoms with Crippen LogP contribution in [0.5, 0.6) is 5.75 Å². The van der Waals surface area contributed by atoms with Gasteiger partial charge in [0.1, 0.15) is 11.8 Å². The van der Waals surface area contributed by atoms with Crippen LogP contribution in [0.3, 0.4) is 0 Å². The highest BCUT2D eigenvalue weighted by molar-refractivity contribution is 6.33. The van der Waals surface area contributed by atoms with E-state index < -0.39 is 17.6 Å². The Kier molecular flexibility index (Phi) is 16.6. The number of nitrogens with one attached hydrogen (secondary N) is 3. The molecule has 0 unspecified atom stereocenters. The fraction of sp³-hybridized carbons (Fsp3) is 0.543. The summed E-state index contributed by atoms with van der Waals surface area (Å²) in [4.78, 5) is 57.2. The molecule has 17 heteroatoms. The van der Waals surface area contributed by atoms with Gasteiger partial charge in [0.15, 0.2) is 0 Å². The van der Waals surface area contributed by atoms with E-state index in [1.807, 2.05) is 88.3 Å². The van der Waals surface area contributed by atoms with E-state index in [0.29, 0.717) is 61.9 Å². The second-order valence-corrected chi connectivity index (χ2v) is 17.7. The fourth-order valence-corrected chi connectivity index (χ4v) is 8.29. The third-order valence-corrected chi connectivity index (χ3v) is 12.0. The van der Waals surface area contributed by atoms with Crippen LogP contribution in [0, 0.1) is 5.41 Å². The number of piperidine rings is 1. The number of aliphatic hydroxyl groups excluding tert-OH is 1. The van der Waals surface area contributed by atoms with Gasteiger partial charge >= 0.3 is 0 Å². The molecule has 0 aliphatic carbocycles. The van der Waals surface area contributed by atoms with E-state index in [9.17, 15) is 19.5 Å². The number of anilines is 3. The molecular weight excluding hydrogens is 828 g/mol. The number of aliphatic hydroxyl groups is 1. The number of methoxy groups -OCH3 is 1. The molecule has 0 bridgehead atoms. The first-order valence-corrected chi connectivity index (χ1v) is 22.2. The second kappa shape index (κ2) is 22.1. The Bertz CT molecular complexity index is 2160. The number of amides is 3. The molecule has 2 aromatic carbocycles. The van der Waals surface area contributed by atoms with Gasteiger partial charge in [0.05, 0.1) is 81.9 Å². The standard InChI is InChI=1S/C46H63ClN8O8/c1-30-25-33(56)29-55(30)44(59)43(46(2,3)4)51-40(57)15-19-61-21-23-63-24-22-62-20-16-41(58)53(5)31-13-17-54(18-14-31)32-11-12-38(39(26-32)60-6)50-45-49-28-36(47)42(52-45)35-27-48-37-10-8-7-9-34(35)37/h7-12,26-28,30-31,33,43,48,56H,13-25,29H2,1-6H3,(H,51,57)(H,49,50,52)/t30-,33-,43-/m1/s1. The smallest absolute Gasteiger partial charge is 0.246 e. The normalized spacial score (nSPS) is 17.5. The Morgan fingerprint density at radius 3 is 2.35 bits per heavy atom. The van der Waals surface area contributed by atoms with Crippen LogP contribution in [-0.2, 0) is 28.6 Å². The van der Waals surface area contributed by atoms with Crippen molar-refractivity contribution in [3.05, 3.63) is 59.9 Å². The number of hydrogen-bond donors (Lipinski definition) is 4. The number of carbonyl (C=O) groups excluding carboxylic acids is 3. The maximum absolute atomic E-state index is 13.2. The lowest BCUT2D eigenvalue weighted by molar-refractivity contribution is -0.140. The van der Waals surface area contributed by atoms with Crippen LogP contribution >= 0.6 is 11.6 Å². The fourth-order valence-electron chi connectivity index (χ4n) is 8.10. The predicted octanol–water partition coefficient (Wildman–Crippen LogP) is 5.80. The number of rotatable bonds is 20. The number of nitrogens with zero attached hydrogens (tertiary/aromatic N) is 5. The molecular formula is C46H63ClN8O8. The summed E-state index contributed by atoms with van der Waals surface area (Å²) in [5, 5.41) is 17.6. The molecule has 4 aromatic rings. The molecule has 2 fully saturated rings. The number of carbonyl (C=O) groups is 3. The van der Waals surface area contributed by atoms with Gasteiger partial charge < -0.3 is 54.4 Å². The highest BCUT2D eigenvalue weighted by Crippen LogP contribution is 2.36. The molecule has 0 spiro atoms. The number of aromatic nitrogens is 3. The van der Waals surface area contributed by atoms with Gasteiger partial charge in [-0.05, 0) is 49.8 Å². The molecule has 63 heavy (non-hydrogen) atoms. The van der Waals surface area contributed by atoms with E-state index in [-0.39, 0.29) is 55.8 Å². The highest BCUT2D eigenvalue weighted by atomic mass is 35.5. The maximum Gasteiger partial charge on any atom is 0.246 e. The summed E-state index contributed by atoms with van der Waals surface area (Å²) in [7, 11) is 3.50. The Hall–Kier alpha value is -5.00. The number of fused-ring (bicyclic) bond motifs is 1. The number of hydrogen-bond acceptors (Lipinski definition) is 12. The molecule has 4 N–H and O–H groups in total. The topological polar surface area (TPSA) is 184 Å². The van der Waals surface area contributed by atoms with E-state index in [2.05, 4.69) is 25.5 Å². The third-order valence-electron chi connectivity index (χ3n) is 11.7. The van der Waals surface area contributed by atoms with Gasteiger partial charge in [0, 0.05) is 79.6 Å². The Morgan fingerprint density at radius 1 is 1.00 bits per heavy atom. The first kappa shape index (κ1) is 47.5. The lowest BCUT2D eigenvalue weighted by Crippen LogP contribution is -2.55. The number of para-hydroxylation sites is 1. The van der Waals surface area contributed by atoms with Crippen LogP contribution in [-0.4, -0.2) is 145 Å². The molecule has 3 amide bonds. The number of ether oxygens (including phenoxy) is 4. The van der Waals surface area contributed by atoms with Gasteiger partial charge in [0.25, 0.3) is 0 Å². The number of H-pyrrole nitrogens is 1. The zero-order valence-corrected chi connectivity index (χ0v) is 38.1. The van der Waals surface area contributed by atoms with Crippen molar-refractivity contribution in [1.82, 2.24) is 30.1 Å². The van der Waals surface area contributed by atoms with Crippen LogP contribution in [0.25, 0.3) is 22.2 Å². The van der Waals surface area contributed by atoms with Crippen molar-refractivity contribution in [2.24, 2.45) is 5.41 Å². The van der Waals surface area contributed by atoms with Gasteiger partial charge in [0.2, 0.25) is 23.7 Å². The molecule has 2 aromatic heterocycles. The van der Waals surface area contributed by atoms with E-state index in [4.69, 9.17) is 35.5 Å². The third kappa shape index (κ3) is 12.6. The monoisotopic (exact) mass is 890 g/mol. The zero-order valence-electron chi connectivity index (χ0n) is 37.3. The molecule has 0 saturated carbocycles. The summed E-state index contributed by atoms with van der Waals surface area (Å²) >= 11 is 6.55. The lowest BCUT2D eigenvalue weighted by atomic mass is 9.85. The molecule has 2 aliphatic rings. The highest BCUT2D eigenvalue weighted by Gasteiger charge is 2.40. The van der Waals surface area contributed by atoms with Crippen LogP contribution in [0.2, 0.25) is 5.02 Å². The van der Waals surface area contributed by atoms with Crippen LogP contribution in [0.4, 0.5) is 17.3 Å². The molecule has 4 heterocycles. The number of benzene rings is 2. The molecule has 342 valence electrons. The van der Waals surface area contributed by atoms with Crippen molar-refractivity contribution in [1.29, 1.82) is 0 Å². The lowest BCUT2D eigenvalue weighted by Gasteiger charge is -2.38. The summed E-state index contributed by atoms with van der Waals surface area (Å²) in [6, 6.07) is 13.4. The number of halogens is 1. The Labute approximate surface area is 374 Å². The predicted molar refractivity (Wildman–Crippen MR) is 243 cm³/mol. The van der Waals surface area contributed by atoms with E-state index in [0.717, 1.165) is 53.8 Å². The average Bonchev–Trinajstić information content (AvgIpc) is 3.86. The average molecular weight is 892 g/mol. The van der Waals surface area contributed by atoms with E-state index >= 15 is 0 Å². The van der Waals surface area contributed by atoms with Gasteiger partial charge in [-0.25, -0.2) is 9.97 Å². The van der Waals surface area contributed by atoms with Gasteiger partial charge in [-0.1, -0.05) is 50.6 Å². The first-order chi connectivity index (χ1) is 30.2. The van der Waals surface area contributed by atoms with Crippen molar-refractivity contribution in [3.63, 3.8) is 0 Å². The summed E-state index contributed by atoms with van der Waals surface area (Å²) in [6.45, 7) is 11.4. The van der Waals surface area contributed by atoms with Crippen LogP contribution in [0.15, 0.2) is 54.9 Å². The van der Waals surface area contributed by atoms with Crippen molar-refractivity contribution in [2.75, 3.05) is 83.6 Å². The quantitative estimate of drug-likeness (QED) is 0.0784. The first-order valence-electron chi connectivity index (χ1n) is 21.8. The summed E-state index contributed by atoms with van der Waals surface area (Å²) in [6.07, 6.45) is 5.56. The number of likely N-dealkylation sites (tertiary alicyclic amines) is 1. The Balaban J connectivity index is 0.836. The van der Waals surface area contributed by atoms with Gasteiger partial charge in [-0.3, -0.25) is 14.4 Å². The van der Waals surface area contributed by atoms with E-state index in [1.165, 1.54) is 0 Å². The maximum atomic E-state index is 13.2. The number of aromatic amines is 1. The van der Waals surface area contributed by atoms with Gasteiger partial charge in [-0.15, -0.1) is 0 Å². The second-order valence-electron chi connectivity index (χ2n) is 17.3. The minimum atomic E-state index is -0.702. The minimum Gasteiger partial charge on any atom is -0.494 e. The van der Waals surface area contributed by atoms with Crippen LogP contribution in [0.1, 0.15) is 59.8 Å². The summed E-state index contributed by atoms with van der Waals surface area (Å²) < 4.78 is 22.6. The molecule has 16 nitrogen and oxygen atoms in total. The minimum absolute atomic E-state index is 0.0451. The largest absolute Gasteiger partial charge is 0.494 e. The van der Waals surface area contributed by atoms with Gasteiger partial charge in [-0.2, -0.15) is 0 Å². The zero-order chi connectivity index (χ0) is 45.1. The van der Waals surface area contributed by atoms with Crippen molar-refractivity contribution in [3.8, 4) is 17.0 Å². The SMILES string of the molecule is COc1cc(N2CCC(N(C)C(=O)CCOCCOCCOCCC(=O)N[C@H](C(=O)N3C[C@H](O)C[C@H]3C)C(C)(C)C)CC2)ccc1Nc1ncc(Cl)c(-c2c[nH]c3ccccc23)n1. The molecule has 2 saturated heterocycles. The summed E-state index contributed by atoms with van der Waals surface area (Å²) in [5.74, 6) is 0.652. The molecule has 3 atom stereocenters. The van der Waals surface area contributed by atoms with Crippen molar-refractivity contribution < 1.29 is 38.4 Å². The molecule has 0 radical (unpaired) electrons. The summed E-state index contributed by atoms with van der Waals surface area (Å²) in [5.41, 5.74) is 3.78.